The minimum absolute atomic E-state index is 0.153. The predicted molar refractivity (Wildman–Crippen MR) is 144 cm³/mol. The Labute approximate surface area is 221 Å². The van der Waals surface area contributed by atoms with E-state index in [1.54, 1.807) is 13.2 Å². The third-order valence-electron chi connectivity index (χ3n) is 6.65. The van der Waals surface area contributed by atoms with Gasteiger partial charge < -0.3 is 26.1 Å². The number of nitrogens with two attached hydrogens (primary N) is 2. The highest BCUT2D eigenvalue weighted by Gasteiger charge is 2.30. The number of nitrogens with one attached hydrogen (secondary N) is 1. The average molecular weight is 539 g/mol. The zero-order chi connectivity index (χ0) is 27.7. The summed E-state index contributed by atoms with van der Waals surface area (Å²) < 4.78 is 61.6. The van der Waals surface area contributed by atoms with E-state index in [9.17, 15) is 13.2 Å². The predicted octanol–water partition coefficient (Wildman–Crippen LogP) is 5.91. The Morgan fingerprint density at radius 1 is 1.03 bits per heavy atom. The van der Waals surface area contributed by atoms with E-state index >= 15 is 4.39 Å². The summed E-state index contributed by atoms with van der Waals surface area (Å²) in [5, 5.41) is 11.9. The molecule has 0 radical (unpaired) electrons. The molecule has 0 unspecified atom stereocenters. The van der Waals surface area contributed by atoms with Gasteiger partial charge in [-0.25, -0.2) is 4.39 Å². The molecular weight excluding hydrogens is 512 g/mol. The van der Waals surface area contributed by atoms with Crippen LogP contribution in [-0.2, 0) is 19.1 Å². The zero-order valence-corrected chi connectivity index (χ0v) is 21.0. The van der Waals surface area contributed by atoms with Gasteiger partial charge in [0.2, 0.25) is 5.96 Å². The van der Waals surface area contributed by atoms with Gasteiger partial charge in [-0.05, 0) is 72.9 Å². The lowest BCUT2D eigenvalue weighted by Crippen LogP contribution is -2.23. The number of rotatable bonds is 6. The van der Waals surface area contributed by atoms with Gasteiger partial charge in [0.1, 0.15) is 11.6 Å². The number of anilines is 2. The van der Waals surface area contributed by atoms with Gasteiger partial charge in [-0.15, -0.1) is 10.2 Å². The van der Waals surface area contributed by atoms with Crippen LogP contribution in [0.2, 0.25) is 0 Å². The monoisotopic (exact) mass is 538 g/mol. The van der Waals surface area contributed by atoms with Gasteiger partial charge >= 0.3 is 6.18 Å². The second-order valence-electron chi connectivity index (χ2n) is 9.24. The number of aromatic nitrogens is 1. The van der Waals surface area contributed by atoms with Gasteiger partial charge in [-0.1, -0.05) is 12.1 Å². The van der Waals surface area contributed by atoms with Gasteiger partial charge in [0.15, 0.2) is 0 Å². The first kappa shape index (κ1) is 26.1. The third-order valence-corrected chi connectivity index (χ3v) is 6.65. The molecule has 11 heteroatoms. The molecule has 5 rings (SSSR count). The lowest BCUT2D eigenvalue weighted by atomic mass is 9.93. The number of guanidine groups is 1. The highest BCUT2D eigenvalue weighted by atomic mass is 19.4. The zero-order valence-electron chi connectivity index (χ0n) is 21.0. The topological polar surface area (TPSA) is 103 Å². The molecular formula is C28H26F4N6O. The normalized spacial score (nSPS) is 14.3. The largest absolute Gasteiger partial charge is 0.497 e. The number of methoxy groups -OCH3 is 1. The second-order valence-corrected chi connectivity index (χ2v) is 9.24. The Bertz CT molecular complexity index is 1570. The van der Waals surface area contributed by atoms with E-state index in [2.05, 4.69) is 15.5 Å². The van der Waals surface area contributed by atoms with Crippen LogP contribution in [-0.4, -0.2) is 23.3 Å². The highest BCUT2D eigenvalue weighted by molar-refractivity contribution is 6.07. The van der Waals surface area contributed by atoms with Crippen LogP contribution in [0.25, 0.3) is 10.9 Å². The third kappa shape index (κ3) is 5.38. The number of nitrogens with zero attached hydrogens (tertiary/aromatic N) is 3. The fourth-order valence-corrected chi connectivity index (χ4v) is 4.86. The number of aryl methyl sites for hydroxylation is 1. The number of hydrogen-bond donors (Lipinski definition) is 3. The van der Waals surface area contributed by atoms with Crippen molar-refractivity contribution in [3.63, 3.8) is 0 Å². The molecule has 39 heavy (non-hydrogen) atoms. The summed E-state index contributed by atoms with van der Waals surface area (Å²) in [4.78, 5) is 0. The summed E-state index contributed by atoms with van der Waals surface area (Å²) >= 11 is 0. The van der Waals surface area contributed by atoms with E-state index in [-0.39, 0.29) is 11.6 Å². The number of hydrogen-bond acceptors (Lipinski definition) is 4. The van der Waals surface area contributed by atoms with Crippen molar-refractivity contribution in [2.45, 2.75) is 32.0 Å². The lowest BCUT2D eigenvalue weighted by Gasteiger charge is -2.18. The standard InChI is InChI=1S/C28H26F4N6O/c1-39-19-11-5-16(6-12-19)15-38-25-14-22(29)24(35-18-9-7-17(8-10-18)28(30,31)32)13-21(25)20-3-2-4-23(26(20)38)36-37-27(33)34/h5-14,35H,2-4,15H2,1H3,(H4,33,34,37)/b36-23+. The Morgan fingerprint density at radius 3 is 2.38 bits per heavy atom. The molecule has 4 aromatic rings. The molecule has 3 aromatic carbocycles. The number of halogens is 4. The Balaban J connectivity index is 1.61. The van der Waals surface area contributed by atoms with Crippen LogP contribution in [0.1, 0.15) is 35.2 Å². The molecule has 202 valence electrons. The maximum absolute atomic E-state index is 15.4. The fourth-order valence-electron chi connectivity index (χ4n) is 4.86. The molecule has 7 nitrogen and oxygen atoms in total. The molecule has 0 fully saturated rings. The van der Waals surface area contributed by atoms with E-state index in [4.69, 9.17) is 16.2 Å². The van der Waals surface area contributed by atoms with Crippen molar-refractivity contribution in [1.82, 2.24) is 4.57 Å². The smallest absolute Gasteiger partial charge is 0.416 e. The van der Waals surface area contributed by atoms with E-state index < -0.39 is 17.6 Å². The second kappa shape index (κ2) is 10.3. The van der Waals surface area contributed by atoms with Gasteiger partial charge in [0.05, 0.1) is 35.3 Å². The highest BCUT2D eigenvalue weighted by Crippen LogP contribution is 2.37. The molecule has 5 N–H and O–H groups in total. The molecule has 0 bridgehead atoms. The molecule has 0 saturated carbocycles. The van der Waals surface area contributed by atoms with E-state index in [0.29, 0.717) is 29.9 Å². The summed E-state index contributed by atoms with van der Waals surface area (Å²) in [7, 11) is 1.59. The Morgan fingerprint density at radius 2 is 1.74 bits per heavy atom. The number of ether oxygens (including phenoxy) is 1. The van der Waals surface area contributed by atoms with Crippen molar-refractivity contribution in [2.24, 2.45) is 21.7 Å². The summed E-state index contributed by atoms with van der Waals surface area (Å²) in [6.07, 6.45) is -2.28. The van der Waals surface area contributed by atoms with Gasteiger partial charge in [-0.2, -0.15) is 13.2 Å². The average Bonchev–Trinajstić information content (AvgIpc) is 3.20. The Hall–Kier alpha value is -4.54. The van der Waals surface area contributed by atoms with Gasteiger partial charge in [0.25, 0.3) is 0 Å². The van der Waals surface area contributed by atoms with Crippen molar-refractivity contribution in [3.8, 4) is 5.75 Å². The van der Waals surface area contributed by atoms with Crippen LogP contribution in [0.5, 0.6) is 5.75 Å². The SMILES string of the molecule is COc1ccc(Cn2c3c(c4cc(Nc5ccc(C(F)(F)F)cc5)c(F)cc42)CCC/C3=N\N=C(N)N)cc1. The van der Waals surface area contributed by atoms with Crippen LogP contribution < -0.4 is 21.5 Å². The quantitative estimate of drug-likeness (QED) is 0.123. The maximum atomic E-state index is 15.4. The molecule has 1 aromatic heterocycles. The van der Waals surface area contributed by atoms with Crippen LogP contribution in [0, 0.1) is 5.82 Å². The molecule has 0 saturated heterocycles. The van der Waals surface area contributed by atoms with Crippen LogP contribution >= 0.6 is 0 Å². The number of fused-ring (bicyclic) bond motifs is 3. The number of alkyl halides is 3. The first-order valence-electron chi connectivity index (χ1n) is 12.2. The van der Waals surface area contributed by atoms with E-state index in [1.165, 1.54) is 18.2 Å². The molecule has 0 atom stereocenters. The molecule has 0 spiro atoms. The minimum Gasteiger partial charge on any atom is -0.497 e. The minimum atomic E-state index is -4.45. The summed E-state index contributed by atoms with van der Waals surface area (Å²) in [5.74, 6) is 0.00984. The van der Waals surface area contributed by atoms with Gasteiger partial charge in [-0.3, -0.25) is 0 Å². The summed E-state index contributed by atoms with van der Waals surface area (Å²) in [6.45, 7) is 0.432. The van der Waals surface area contributed by atoms with Crippen molar-refractivity contribution in [1.29, 1.82) is 0 Å². The summed E-state index contributed by atoms with van der Waals surface area (Å²) in [5.41, 5.74) is 14.9. The first-order chi connectivity index (χ1) is 18.6. The first-order valence-corrected chi connectivity index (χ1v) is 12.2. The molecule has 0 amide bonds. The number of benzene rings is 3. The molecule has 1 aliphatic rings. The Kier molecular flexibility index (Phi) is 6.90. The van der Waals surface area contributed by atoms with E-state index in [1.807, 2.05) is 28.8 Å². The van der Waals surface area contributed by atoms with E-state index in [0.717, 1.165) is 52.9 Å². The van der Waals surface area contributed by atoms with Crippen molar-refractivity contribution in [2.75, 3.05) is 12.4 Å². The van der Waals surface area contributed by atoms with Crippen LogP contribution in [0.4, 0.5) is 28.9 Å². The fraction of sp³-hybridized carbons (Fsp3) is 0.214. The van der Waals surface area contributed by atoms with Crippen molar-refractivity contribution < 1.29 is 22.3 Å². The van der Waals surface area contributed by atoms with Crippen molar-refractivity contribution >= 4 is 33.9 Å². The van der Waals surface area contributed by atoms with Crippen LogP contribution in [0.15, 0.2) is 70.9 Å². The summed E-state index contributed by atoms with van der Waals surface area (Å²) in [6, 6.07) is 15.2. The molecule has 0 aliphatic heterocycles. The van der Waals surface area contributed by atoms with Crippen molar-refractivity contribution in [3.05, 3.63) is 88.9 Å². The lowest BCUT2D eigenvalue weighted by molar-refractivity contribution is -0.137. The maximum Gasteiger partial charge on any atom is 0.416 e. The molecule has 1 aliphatic carbocycles. The molecule has 1 heterocycles. The van der Waals surface area contributed by atoms with Crippen LogP contribution in [0.3, 0.4) is 0 Å². The van der Waals surface area contributed by atoms with Gasteiger partial charge in [0, 0.05) is 23.7 Å².